The largest absolute Gasteiger partial charge is 0.465 e. The van der Waals surface area contributed by atoms with Crippen molar-refractivity contribution in [3.05, 3.63) is 0 Å². The lowest BCUT2D eigenvalue weighted by Crippen LogP contribution is -2.61. The number of piperazine rings is 1. The molecule has 0 aromatic carbocycles. The average Bonchev–Trinajstić information content (AvgIpc) is 2.51. The minimum atomic E-state index is -0.380. The lowest BCUT2D eigenvalue weighted by Gasteiger charge is -2.37. The van der Waals surface area contributed by atoms with Crippen molar-refractivity contribution in [1.82, 2.24) is 15.5 Å². The molecule has 0 aliphatic carbocycles. The summed E-state index contributed by atoms with van der Waals surface area (Å²) in [6.07, 6.45) is 3.25. The van der Waals surface area contributed by atoms with E-state index in [1.54, 1.807) is 6.92 Å². The SMILES string of the molecule is CCCCCNC(=O)C(C)N1CCNCC1C(=O)OCC. The average molecular weight is 299 g/mol. The Balaban J connectivity index is 2.53. The molecular weight excluding hydrogens is 270 g/mol. The summed E-state index contributed by atoms with van der Waals surface area (Å²) in [5.41, 5.74) is 0. The summed E-state index contributed by atoms with van der Waals surface area (Å²) < 4.78 is 5.10. The molecular formula is C15H29N3O3. The molecule has 122 valence electrons. The number of carbonyl (C=O) groups excluding carboxylic acids is 2. The van der Waals surface area contributed by atoms with Crippen molar-refractivity contribution in [2.45, 2.75) is 52.1 Å². The molecule has 1 heterocycles. The molecule has 1 fully saturated rings. The van der Waals surface area contributed by atoms with Gasteiger partial charge in [-0.1, -0.05) is 19.8 Å². The highest BCUT2D eigenvalue weighted by Gasteiger charge is 2.35. The van der Waals surface area contributed by atoms with Crippen LogP contribution in [0.15, 0.2) is 0 Å². The van der Waals surface area contributed by atoms with Crippen LogP contribution in [-0.4, -0.2) is 61.6 Å². The van der Waals surface area contributed by atoms with Gasteiger partial charge in [-0.3, -0.25) is 14.5 Å². The molecule has 21 heavy (non-hydrogen) atoms. The van der Waals surface area contributed by atoms with E-state index < -0.39 is 0 Å². The fraction of sp³-hybridized carbons (Fsp3) is 0.867. The van der Waals surface area contributed by atoms with Crippen LogP contribution in [0.4, 0.5) is 0 Å². The highest BCUT2D eigenvalue weighted by molar-refractivity contribution is 5.83. The Morgan fingerprint density at radius 2 is 2.14 bits per heavy atom. The normalized spacial score (nSPS) is 20.8. The van der Waals surface area contributed by atoms with E-state index in [9.17, 15) is 9.59 Å². The molecule has 0 saturated carbocycles. The van der Waals surface area contributed by atoms with Crippen molar-refractivity contribution >= 4 is 11.9 Å². The van der Waals surface area contributed by atoms with E-state index in [1.165, 1.54) is 0 Å². The van der Waals surface area contributed by atoms with E-state index >= 15 is 0 Å². The highest BCUT2D eigenvalue weighted by Crippen LogP contribution is 2.11. The first-order valence-corrected chi connectivity index (χ1v) is 8.02. The van der Waals surface area contributed by atoms with Crippen LogP contribution >= 0.6 is 0 Å². The van der Waals surface area contributed by atoms with Gasteiger partial charge in [-0.05, 0) is 20.3 Å². The molecule has 2 atom stereocenters. The Labute approximate surface area is 127 Å². The summed E-state index contributed by atoms with van der Waals surface area (Å²) in [4.78, 5) is 26.1. The number of unbranched alkanes of at least 4 members (excludes halogenated alkanes) is 2. The number of hydrogen-bond donors (Lipinski definition) is 2. The number of hydrogen-bond acceptors (Lipinski definition) is 5. The van der Waals surface area contributed by atoms with Crippen molar-refractivity contribution in [1.29, 1.82) is 0 Å². The van der Waals surface area contributed by atoms with E-state index in [0.717, 1.165) is 25.8 Å². The molecule has 0 spiro atoms. The van der Waals surface area contributed by atoms with Crippen LogP contribution in [0.5, 0.6) is 0 Å². The lowest BCUT2D eigenvalue weighted by molar-refractivity contribution is -0.152. The van der Waals surface area contributed by atoms with Gasteiger partial charge in [0.2, 0.25) is 5.91 Å². The van der Waals surface area contributed by atoms with Crippen LogP contribution in [-0.2, 0) is 14.3 Å². The molecule has 2 unspecified atom stereocenters. The van der Waals surface area contributed by atoms with Gasteiger partial charge in [0.25, 0.3) is 0 Å². The van der Waals surface area contributed by atoms with Gasteiger partial charge in [0.1, 0.15) is 6.04 Å². The monoisotopic (exact) mass is 299 g/mol. The summed E-state index contributed by atoms with van der Waals surface area (Å²) in [5.74, 6) is -0.266. The van der Waals surface area contributed by atoms with Crippen molar-refractivity contribution in [2.24, 2.45) is 0 Å². The molecule has 6 nitrogen and oxygen atoms in total. The zero-order chi connectivity index (χ0) is 15.7. The first-order valence-electron chi connectivity index (χ1n) is 8.02. The van der Waals surface area contributed by atoms with Gasteiger partial charge in [-0.15, -0.1) is 0 Å². The number of amides is 1. The Morgan fingerprint density at radius 3 is 2.81 bits per heavy atom. The van der Waals surface area contributed by atoms with Crippen LogP contribution in [0.25, 0.3) is 0 Å². The Morgan fingerprint density at radius 1 is 1.38 bits per heavy atom. The van der Waals surface area contributed by atoms with Crippen LogP contribution < -0.4 is 10.6 Å². The molecule has 1 rings (SSSR count). The second kappa shape index (κ2) is 9.73. The number of esters is 1. The Kier molecular flexibility index (Phi) is 8.30. The number of nitrogens with zero attached hydrogens (tertiary/aromatic N) is 1. The predicted molar refractivity (Wildman–Crippen MR) is 82.0 cm³/mol. The van der Waals surface area contributed by atoms with E-state index in [1.807, 2.05) is 11.8 Å². The fourth-order valence-corrected chi connectivity index (χ4v) is 2.53. The van der Waals surface area contributed by atoms with Crippen molar-refractivity contribution < 1.29 is 14.3 Å². The first kappa shape index (κ1) is 17.9. The third kappa shape index (κ3) is 5.63. The van der Waals surface area contributed by atoms with Gasteiger partial charge in [-0.25, -0.2) is 0 Å². The maximum absolute atomic E-state index is 12.2. The van der Waals surface area contributed by atoms with E-state index in [-0.39, 0.29) is 24.0 Å². The van der Waals surface area contributed by atoms with Gasteiger partial charge in [-0.2, -0.15) is 0 Å². The van der Waals surface area contributed by atoms with Crippen molar-refractivity contribution in [3.8, 4) is 0 Å². The summed E-state index contributed by atoms with van der Waals surface area (Å²) in [7, 11) is 0. The number of ether oxygens (including phenoxy) is 1. The second-order valence-corrected chi connectivity index (χ2v) is 5.38. The van der Waals surface area contributed by atoms with Crippen molar-refractivity contribution in [2.75, 3.05) is 32.8 Å². The van der Waals surface area contributed by atoms with E-state index in [0.29, 0.717) is 26.2 Å². The number of nitrogens with one attached hydrogen (secondary N) is 2. The molecule has 0 aromatic rings. The minimum absolute atomic E-state index is 0.0118. The molecule has 6 heteroatoms. The summed E-state index contributed by atoms with van der Waals surface area (Å²) >= 11 is 0. The maximum atomic E-state index is 12.2. The lowest BCUT2D eigenvalue weighted by atomic mass is 10.1. The topological polar surface area (TPSA) is 70.7 Å². The molecule has 2 N–H and O–H groups in total. The van der Waals surface area contributed by atoms with Crippen LogP contribution in [0.3, 0.4) is 0 Å². The fourth-order valence-electron chi connectivity index (χ4n) is 2.53. The quantitative estimate of drug-likeness (QED) is 0.505. The third-order valence-electron chi connectivity index (χ3n) is 3.80. The van der Waals surface area contributed by atoms with Gasteiger partial charge in [0.05, 0.1) is 12.6 Å². The number of rotatable bonds is 8. The zero-order valence-corrected chi connectivity index (χ0v) is 13.5. The minimum Gasteiger partial charge on any atom is -0.465 e. The smallest absolute Gasteiger partial charge is 0.324 e. The third-order valence-corrected chi connectivity index (χ3v) is 3.80. The Bertz CT molecular complexity index is 336. The first-order chi connectivity index (χ1) is 10.1. The summed E-state index contributed by atoms with van der Waals surface area (Å²) in [6.45, 7) is 8.83. The van der Waals surface area contributed by atoms with Crippen LogP contribution in [0.1, 0.15) is 40.0 Å². The molecule has 1 aliphatic heterocycles. The molecule has 0 bridgehead atoms. The Hall–Kier alpha value is -1.14. The molecule has 1 aliphatic rings. The highest BCUT2D eigenvalue weighted by atomic mass is 16.5. The number of carbonyl (C=O) groups is 2. The molecule has 0 aromatic heterocycles. The van der Waals surface area contributed by atoms with Gasteiger partial charge >= 0.3 is 5.97 Å². The maximum Gasteiger partial charge on any atom is 0.324 e. The van der Waals surface area contributed by atoms with Gasteiger partial charge in [0, 0.05) is 26.2 Å². The van der Waals surface area contributed by atoms with E-state index in [4.69, 9.17) is 4.74 Å². The van der Waals surface area contributed by atoms with Crippen LogP contribution in [0, 0.1) is 0 Å². The predicted octanol–water partition coefficient (Wildman–Crippen LogP) is 0.518. The van der Waals surface area contributed by atoms with Crippen molar-refractivity contribution in [3.63, 3.8) is 0 Å². The van der Waals surface area contributed by atoms with E-state index in [2.05, 4.69) is 17.6 Å². The molecule has 0 radical (unpaired) electrons. The standard InChI is InChI=1S/C15H29N3O3/c1-4-6-7-8-17-14(19)12(3)18-10-9-16-11-13(18)15(20)21-5-2/h12-13,16H,4-11H2,1-3H3,(H,17,19). The van der Waals surface area contributed by atoms with Gasteiger partial charge < -0.3 is 15.4 Å². The molecule has 1 saturated heterocycles. The molecule has 1 amide bonds. The van der Waals surface area contributed by atoms with Crippen LogP contribution in [0.2, 0.25) is 0 Å². The zero-order valence-electron chi connectivity index (χ0n) is 13.5. The van der Waals surface area contributed by atoms with Gasteiger partial charge in [0.15, 0.2) is 0 Å². The summed E-state index contributed by atoms with van der Waals surface area (Å²) in [6, 6.07) is -0.696. The summed E-state index contributed by atoms with van der Waals surface area (Å²) in [5, 5.41) is 6.14. The second-order valence-electron chi connectivity index (χ2n) is 5.38.